The fourth-order valence-corrected chi connectivity index (χ4v) is 3.39. The second-order valence-electron chi connectivity index (χ2n) is 5.61. The maximum Gasteiger partial charge on any atom is 0.0794 e. The molecule has 0 aliphatic heterocycles. The highest BCUT2D eigenvalue weighted by molar-refractivity contribution is 7.07. The van der Waals surface area contributed by atoms with Gasteiger partial charge in [-0.3, -0.25) is 0 Å². The second kappa shape index (κ2) is 4.09. The Bertz CT molecular complexity index is 350. The van der Waals surface area contributed by atoms with Crippen LogP contribution in [0.25, 0.3) is 0 Å². The molecule has 4 heteroatoms. The first-order valence-corrected chi connectivity index (χ1v) is 6.70. The van der Waals surface area contributed by atoms with Gasteiger partial charge in [0, 0.05) is 17.3 Å². The van der Waals surface area contributed by atoms with E-state index in [1.807, 2.05) is 5.51 Å². The van der Waals surface area contributed by atoms with Crippen molar-refractivity contribution in [1.29, 1.82) is 0 Å². The average molecular weight is 240 g/mol. The molecular weight excluding hydrogens is 220 g/mol. The molecule has 3 N–H and O–H groups in total. The van der Waals surface area contributed by atoms with Gasteiger partial charge in [-0.25, -0.2) is 4.98 Å². The predicted molar refractivity (Wildman–Crippen MR) is 66.3 cm³/mol. The van der Waals surface area contributed by atoms with Gasteiger partial charge in [-0.15, -0.1) is 11.3 Å². The van der Waals surface area contributed by atoms with Crippen LogP contribution in [0.1, 0.15) is 32.4 Å². The zero-order valence-corrected chi connectivity index (χ0v) is 10.8. The van der Waals surface area contributed by atoms with Crippen LogP contribution >= 0.6 is 11.3 Å². The fourth-order valence-electron chi connectivity index (χ4n) is 2.83. The lowest BCUT2D eigenvalue weighted by Crippen LogP contribution is -2.44. The van der Waals surface area contributed by atoms with E-state index >= 15 is 0 Å². The maximum absolute atomic E-state index is 10.5. The molecule has 2 unspecified atom stereocenters. The lowest BCUT2D eigenvalue weighted by Gasteiger charge is -2.35. The van der Waals surface area contributed by atoms with Crippen molar-refractivity contribution in [1.82, 2.24) is 4.98 Å². The Morgan fingerprint density at radius 3 is 2.75 bits per heavy atom. The van der Waals surface area contributed by atoms with Crippen molar-refractivity contribution in [2.45, 2.75) is 39.2 Å². The third-order valence-corrected chi connectivity index (χ3v) is 4.65. The summed E-state index contributed by atoms with van der Waals surface area (Å²) in [5.74, 6) is 0. The van der Waals surface area contributed by atoms with Gasteiger partial charge in [0.1, 0.15) is 0 Å². The lowest BCUT2D eigenvalue weighted by atomic mass is 9.75. The standard InChI is InChI=1S/C12H20N2OS/c1-11(2)3-4-12(7-13,10(11)15)5-9-6-16-8-14-9/h6,8,10,15H,3-5,7,13H2,1-2H3. The first kappa shape index (κ1) is 12.0. The molecule has 16 heavy (non-hydrogen) atoms. The molecule has 0 bridgehead atoms. The van der Waals surface area contributed by atoms with Crippen molar-refractivity contribution >= 4 is 11.3 Å². The molecule has 0 radical (unpaired) electrons. The molecule has 1 aromatic rings. The number of thiazole rings is 1. The topological polar surface area (TPSA) is 59.1 Å². The van der Waals surface area contributed by atoms with Gasteiger partial charge >= 0.3 is 0 Å². The molecule has 1 aliphatic rings. The highest BCUT2D eigenvalue weighted by Gasteiger charge is 2.51. The van der Waals surface area contributed by atoms with Crippen LogP contribution in [0.15, 0.2) is 10.9 Å². The Balaban J connectivity index is 2.21. The van der Waals surface area contributed by atoms with Crippen molar-refractivity contribution in [2.24, 2.45) is 16.6 Å². The lowest BCUT2D eigenvalue weighted by molar-refractivity contribution is -0.00502. The Hall–Kier alpha value is -0.450. The Labute approximate surface area is 101 Å². The minimum absolute atomic E-state index is 0.0185. The predicted octanol–water partition coefficient (Wildman–Crippen LogP) is 1.81. The van der Waals surface area contributed by atoms with E-state index in [4.69, 9.17) is 5.73 Å². The Morgan fingerprint density at radius 2 is 2.31 bits per heavy atom. The van der Waals surface area contributed by atoms with Crippen molar-refractivity contribution in [3.63, 3.8) is 0 Å². The van der Waals surface area contributed by atoms with Crippen LogP contribution < -0.4 is 5.73 Å². The maximum atomic E-state index is 10.5. The van der Waals surface area contributed by atoms with E-state index in [-0.39, 0.29) is 16.9 Å². The molecule has 1 fully saturated rings. The van der Waals surface area contributed by atoms with Gasteiger partial charge in [-0.1, -0.05) is 13.8 Å². The molecule has 1 aromatic heterocycles. The van der Waals surface area contributed by atoms with E-state index in [1.54, 1.807) is 11.3 Å². The molecule has 2 rings (SSSR count). The van der Waals surface area contributed by atoms with Crippen LogP contribution in [0.3, 0.4) is 0 Å². The molecule has 0 saturated heterocycles. The summed E-state index contributed by atoms with van der Waals surface area (Å²) < 4.78 is 0. The first-order valence-electron chi connectivity index (χ1n) is 5.75. The quantitative estimate of drug-likeness (QED) is 0.847. The molecule has 2 atom stereocenters. The minimum atomic E-state index is -0.327. The number of nitrogens with zero attached hydrogens (tertiary/aromatic N) is 1. The SMILES string of the molecule is CC1(C)CCC(CN)(Cc2cscn2)C1O. The van der Waals surface area contributed by atoms with E-state index < -0.39 is 0 Å². The summed E-state index contributed by atoms with van der Waals surface area (Å²) in [6, 6.07) is 0. The molecule has 3 nitrogen and oxygen atoms in total. The van der Waals surface area contributed by atoms with Gasteiger partial charge in [0.2, 0.25) is 0 Å². The Morgan fingerprint density at radius 1 is 1.56 bits per heavy atom. The monoisotopic (exact) mass is 240 g/mol. The second-order valence-corrected chi connectivity index (χ2v) is 6.33. The van der Waals surface area contributed by atoms with E-state index in [1.165, 1.54) is 0 Å². The summed E-state index contributed by atoms with van der Waals surface area (Å²) >= 11 is 1.60. The van der Waals surface area contributed by atoms with E-state index in [0.717, 1.165) is 25.0 Å². The zero-order chi connectivity index (χ0) is 11.8. The number of aromatic nitrogens is 1. The van der Waals surface area contributed by atoms with Crippen molar-refractivity contribution < 1.29 is 5.11 Å². The first-order chi connectivity index (χ1) is 7.50. The number of hydrogen-bond donors (Lipinski definition) is 2. The molecule has 90 valence electrons. The molecule has 1 heterocycles. The number of nitrogens with two attached hydrogens (primary N) is 1. The number of aliphatic hydroxyl groups excluding tert-OH is 1. The molecule has 0 spiro atoms. The smallest absolute Gasteiger partial charge is 0.0794 e. The van der Waals surface area contributed by atoms with Gasteiger partial charge < -0.3 is 10.8 Å². The van der Waals surface area contributed by atoms with E-state index in [2.05, 4.69) is 24.2 Å². The molecule has 0 aromatic carbocycles. The molecule has 1 saturated carbocycles. The van der Waals surface area contributed by atoms with Gasteiger partial charge in [0.15, 0.2) is 0 Å². The summed E-state index contributed by atoms with van der Waals surface area (Å²) in [7, 11) is 0. The fraction of sp³-hybridized carbons (Fsp3) is 0.750. The van der Waals surface area contributed by atoms with Gasteiger partial charge in [-0.05, 0) is 24.7 Å². The highest BCUT2D eigenvalue weighted by atomic mass is 32.1. The minimum Gasteiger partial charge on any atom is -0.392 e. The van der Waals surface area contributed by atoms with Gasteiger partial charge in [0.05, 0.1) is 17.3 Å². The number of aliphatic hydroxyl groups is 1. The van der Waals surface area contributed by atoms with Crippen LogP contribution in [0.4, 0.5) is 0 Å². The molecule has 1 aliphatic carbocycles. The van der Waals surface area contributed by atoms with Crippen molar-refractivity contribution in [3.8, 4) is 0 Å². The number of rotatable bonds is 3. The van der Waals surface area contributed by atoms with Crippen molar-refractivity contribution in [3.05, 3.63) is 16.6 Å². The van der Waals surface area contributed by atoms with Crippen LogP contribution in [0.2, 0.25) is 0 Å². The van der Waals surface area contributed by atoms with Crippen LogP contribution in [0.5, 0.6) is 0 Å². The summed E-state index contributed by atoms with van der Waals surface area (Å²) in [6.45, 7) is 4.78. The normalized spacial score (nSPS) is 33.1. The van der Waals surface area contributed by atoms with Crippen LogP contribution in [-0.4, -0.2) is 22.7 Å². The van der Waals surface area contributed by atoms with Crippen LogP contribution in [-0.2, 0) is 6.42 Å². The summed E-state index contributed by atoms with van der Waals surface area (Å²) in [4.78, 5) is 4.31. The van der Waals surface area contributed by atoms with Gasteiger partial charge in [0.25, 0.3) is 0 Å². The zero-order valence-electron chi connectivity index (χ0n) is 9.94. The average Bonchev–Trinajstić information content (AvgIpc) is 2.82. The third-order valence-electron chi connectivity index (χ3n) is 4.01. The van der Waals surface area contributed by atoms with Gasteiger partial charge in [-0.2, -0.15) is 0 Å². The van der Waals surface area contributed by atoms with E-state index in [9.17, 15) is 5.11 Å². The largest absolute Gasteiger partial charge is 0.392 e. The van der Waals surface area contributed by atoms with Crippen LogP contribution in [0, 0.1) is 10.8 Å². The summed E-state index contributed by atoms with van der Waals surface area (Å²) in [5, 5.41) is 12.5. The highest BCUT2D eigenvalue weighted by Crippen LogP contribution is 2.50. The summed E-state index contributed by atoms with van der Waals surface area (Å²) in [6.07, 6.45) is 2.51. The Kier molecular flexibility index (Phi) is 3.07. The summed E-state index contributed by atoms with van der Waals surface area (Å²) in [5.41, 5.74) is 8.63. The number of hydrogen-bond acceptors (Lipinski definition) is 4. The van der Waals surface area contributed by atoms with Crippen molar-refractivity contribution in [2.75, 3.05) is 6.54 Å². The molecule has 0 amide bonds. The molecular formula is C12H20N2OS. The third kappa shape index (κ3) is 1.90. The van der Waals surface area contributed by atoms with E-state index in [0.29, 0.717) is 6.54 Å².